The van der Waals surface area contributed by atoms with Crippen molar-refractivity contribution < 1.29 is 13.2 Å². The molecule has 7 heteroatoms. The largest absolute Gasteiger partial charge is 0.492 e. The van der Waals surface area contributed by atoms with Crippen LogP contribution in [0.1, 0.15) is 18.4 Å². The SMILES string of the molecule is CS(=O)(=O)NC1CCN(CCOc2ccc(C#N)cc2)CC1. The molecule has 1 aromatic rings. The summed E-state index contributed by atoms with van der Waals surface area (Å²) in [4.78, 5) is 2.27. The molecule has 0 unspecified atom stereocenters. The minimum absolute atomic E-state index is 0.0469. The minimum Gasteiger partial charge on any atom is -0.492 e. The van der Waals surface area contributed by atoms with Crippen molar-refractivity contribution in [3.05, 3.63) is 29.8 Å². The van der Waals surface area contributed by atoms with Crippen LogP contribution in [-0.4, -0.2) is 51.9 Å². The van der Waals surface area contributed by atoms with Gasteiger partial charge in [-0.1, -0.05) is 0 Å². The molecule has 120 valence electrons. The highest BCUT2D eigenvalue weighted by Crippen LogP contribution is 2.13. The van der Waals surface area contributed by atoms with Crippen molar-refractivity contribution >= 4 is 10.0 Å². The molecule has 0 aliphatic carbocycles. The quantitative estimate of drug-likeness (QED) is 0.843. The highest BCUT2D eigenvalue weighted by molar-refractivity contribution is 7.88. The van der Waals surface area contributed by atoms with Crippen LogP contribution >= 0.6 is 0 Å². The standard InChI is InChI=1S/C15H21N3O3S/c1-22(19,20)17-14-6-8-18(9-7-14)10-11-21-15-4-2-13(12-16)3-5-15/h2-5,14,17H,6-11H2,1H3. The highest BCUT2D eigenvalue weighted by Gasteiger charge is 2.21. The van der Waals surface area contributed by atoms with Gasteiger partial charge in [0, 0.05) is 12.6 Å². The van der Waals surface area contributed by atoms with Gasteiger partial charge in [-0.2, -0.15) is 5.26 Å². The Morgan fingerprint density at radius 3 is 2.50 bits per heavy atom. The van der Waals surface area contributed by atoms with E-state index in [9.17, 15) is 8.42 Å². The number of sulfonamides is 1. The molecule has 1 N–H and O–H groups in total. The van der Waals surface area contributed by atoms with Crippen LogP contribution < -0.4 is 9.46 Å². The third kappa shape index (κ3) is 5.64. The van der Waals surface area contributed by atoms with Crippen LogP contribution in [0.2, 0.25) is 0 Å². The van der Waals surface area contributed by atoms with E-state index in [1.807, 2.05) is 0 Å². The molecule has 0 radical (unpaired) electrons. The molecule has 1 fully saturated rings. The maximum Gasteiger partial charge on any atom is 0.208 e. The summed E-state index contributed by atoms with van der Waals surface area (Å²) in [5, 5.41) is 8.73. The van der Waals surface area contributed by atoms with Crippen molar-refractivity contribution in [2.75, 3.05) is 32.5 Å². The van der Waals surface area contributed by atoms with Crippen LogP contribution in [0, 0.1) is 11.3 Å². The summed E-state index contributed by atoms with van der Waals surface area (Å²) >= 11 is 0. The first-order valence-electron chi connectivity index (χ1n) is 7.29. The van der Waals surface area contributed by atoms with E-state index in [1.54, 1.807) is 24.3 Å². The summed E-state index contributed by atoms with van der Waals surface area (Å²) in [6, 6.07) is 9.17. The molecule has 0 atom stereocenters. The molecule has 2 rings (SSSR count). The maximum absolute atomic E-state index is 11.2. The van der Waals surface area contributed by atoms with E-state index in [0.717, 1.165) is 38.2 Å². The third-order valence-corrected chi connectivity index (χ3v) is 4.39. The molecule has 1 heterocycles. The molecule has 0 aromatic heterocycles. The summed E-state index contributed by atoms with van der Waals surface area (Å²) in [5.41, 5.74) is 0.618. The predicted octanol–water partition coefficient (Wildman–Crippen LogP) is 0.951. The Morgan fingerprint density at radius 2 is 1.95 bits per heavy atom. The second-order valence-corrected chi connectivity index (χ2v) is 7.27. The van der Waals surface area contributed by atoms with Crippen LogP contribution in [0.3, 0.4) is 0 Å². The van der Waals surface area contributed by atoms with E-state index >= 15 is 0 Å². The first-order valence-corrected chi connectivity index (χ1v) is 9.18. The van der Waals surface area contributed by atoms with Crippen LogP contribution in [0.25, 0.3) is 0 Å². The molecule has 1 aliphatic rings. The van der Waals surface area contributed by atoms with E-state index in [1.165, 1.54) is 6.26 Å². The van der Waals surface area contributed by atoms with Crippen LogP contribution in [-0.2, 0) is 10.0 Å². The van der Waals surface area contributed by atoms with Crippen LogP contribution in [0.5, 0.6) is 5.75 Å². The second-order valence-electron chi connectivity index (χ2n) is 5.49. The first-order chi connectivity index (χ1) is 10.5. The van der Waals surface area contributed by atoms with Crippen molar-refractivity contribution in [2.45, 2.75) is 18.9 Å². The summed E-state index contributed by atoms with van der Waals surface area (Å²) in [5.74, 6) is 0.757. The van der Waals surface area contributed by atoms with Gasteiger partial charge in [-0.3, -0.25) is 4.90 Å². The van der Waals surface area contributed by atoms with E-state index in [2.05, 4.69) is 15.7 Å². The molecule has 1 saturated heterocycles. The number of nitrogens with zero attached hydrogens (tertiary/aromatic N) is 2. The number of benzene rings is 1. The summed E-state index contributed by atoms with van der Waals surface area (Å²) < 4.78 is 30.7. The zero-order valence-corrected chi connectivity index (χ0v) is 13.5. The van der Waals surface area contributed by atoms with E-state index in [0.29, 0.717) is 12.2 Å². The third-order valence-electron chi connectivity index (χ3n) is 3.63. The Morgan fingerprint density at radius 1 is 1.32 bits per heavy atom. The fraction of sp³-hybridized carbons (Fsp3) is 0.533. The summed E-state index contributed by atoms with van der Waals surface area (Å²) in [6.45, 7) is 3.12. The average Bonchev–Trinajstić information content (AvgIpc) is 2.48. The van der Waals surface area contributed by atoms with Gasteiger partial charge in [-0.05, 0) is 50.2 Å². The smallest absolute Gasteiger partial charge is 0.208 e. The number of piperidine rings is 1. The van der Waals surface area contributed by atoms with Gasteiger partial charge >= 0.3 is 0 Å². The van der Waals surface area contributed by atoms with Gasteiger partial charge in [0.05, 0.1) is 17.9 Å². The molecule has 1 aliphatic heterocycles. The van der Waals surface area contributed by atoms with E-state index < -0.39 is 10.0 Å². The number of rotatable bonds is 6. The number of hydrogen-bond donors (Lipinski definition) is 1. The molecule has 22 heavy (non-hydrogen) atoms. The zero-order valence-electron chi connectivity index (χ0n) is 12.7. The minimum atomic E-state index is -3.12. The monoisotopic (exact) mass is 323 g/mol. The van der Waals surface area contributed by atoms with Crippen molar-refractivity contribution in [3.63, 3.8) is 0 Å². The molecule has 6 nitrogen and oxygen atoms in total. The normalized spacial score (nSPS) is 17.1. The van der Waals surface area contributed by atoms with Gasteiger partial charge in [0.25, 0.3) is 0 Å². The average molecular weight is 323 g/mol. The molecule has 0 bridgehead atoms. The lowest BCUT2D eigenvalue weighted by Crippen LogP contribution is -2.45. The Hall–Kier alpha value is -1.62. The topological polar surface area (TPSA) is 82.4 Å². The molecular weight excluding hydrogens is 302 g/mol. The number of likely N-dealkylation sites (tertiary alicyclic amines) is 1. The highest BCUT2D eigenvalue weighted by atomic mass is 32.2. The number of ether oxygens (including phenoxy) is 1. The first kappa shape index (κ1) is 16.7. The van der Waals surface area contributed by atoms with Crippen LogP contribution in [0.15, 0.2) is 24.3 Å². The van der Waals surface area contributed by atoms with Crippen molar-refractivity contribution in [3.8, 4) is 11.8 Å². The lowest BCUT2D eigenvalue weighted by molar-refractivity contribution is 0.170. The van der Waals surface area contributed by atoms with Crippen LogP contribution in [0.4, 0.5) is 0 Å². The maximum atomic E-state index is 11.2. The van der Waals surface area contributed by atoms with E-state index in [4.69, 9.17) is 10.00 Å². The van der Waals surface area contributed by atoms with Gasteiger partial charge in [0.2, 0.25) is 10.0 Å². The van der Waals surface area contributed by atoms with E-state index in [-0.39, 0.29) is 6.04 Å². The van der Waals surface area contributed by atoms with Crippen molar-refractivity contribution in [2.24, 2.45) is 0 Å². The zero-order chi connectivity index (χ0) is 16.0. The number of hydrogen-bond acceptors (Lipinski definition) is 5. The molecular formula is C15H21N3O3S. The predicted molar refractivity (Wildman–Crippen MR) is 84.1 cm³/mol. The summed E-state index contributed by atoms with van der Waals surface area (Å²) in [6.07, 6.45) is 2.85. The lowest BCUT2D eigenvalue weighted by Gasteiger charge is -2.31. The van der Waals surface area contributed by atoms with Gasteiger partial charge in [0.1, 0.15) is 12.4 Å². The Balaban J connectivity index is 1.67. The van der Waals surface area contributed by atoms with Gasteiger partial charge in [-0.25, -0.2) is 13.1 Å². The Labute approximate surface area is 131 Å². The Bertz CT molecular complexity index is 614. The molecule has 0 amide bonds. The Kier molecular flexibility index (Phi) is 5.77. The fourth-order valence-electron chi connectivity index (χ4n) is 2.50. The van der Waals surface area contributed by atoms with Gasteiger partial charge < -0.3 is 4.74 Å². The second kappa shape index (κ2) is 7.58. The molecule has 0 spiro atoms. The van der Waals surface area contributed by atoms with Crippen molar-refractivity contribution in [1.29, 1.82) is 5.26 Å². The molecule has 1 aromatic carbocycles. The van der Waals surface area contributed by atoms with Gasteiger partial charge in [0.15, 0.2) is 0 Å². The fourth-order valence-corrected chi connectivity index (χ4v) is 3.34. The van der Waals surface area contributed by atoms with Gasteiger partial charge in [-0.15, -0.1) is 0 Å². The molecule has 0 saturated carbocycles. The number of nitrogens with one attached hydrogen (secondary N) is 1. The summed E-state index contributed by atoms with van der Waals surface area (Å²) in [7, 11) is -3.12. The lowest BCUT2D eigenvalue weighted by atomic mass is 10.1. The van der Waals surface area contributed by atoms with Crippen molar-refractivity contribution in [1.82, 2.24) is 9.62 Å². The number of nitriles is 1.